The van der Waals surface area contributed by atoms with Crippen molar-refractivity contribution in [1.82, 2.24) is 25.1 Å². The number of urea groups is 1. The lowest BCUT2D eigenvalue weighted by Gasteiger charge is -2.32. The summed E-state index contributed by atoms with van der Waals surface area (Å²) >= 11 is 0. The number of nitrogens with one attached hydrogen (secondary N) is 1. The number of aryl methyl sites for hydroxylation is 1. The molecule has 2 aliphatic rings. The minimum absolute atomic E-state index is 0.00440. The van der Waals surface area contributed by atoms with Crippen LogP contribution < -0.4 is 5.48 Å². The van der Waals surface area contributed by atoms with Gasteiger partial charge in [0.25, 0.3) is 0 Å². The van der Waals surface area contributed by atoms with Crippen LogP contribution >= 0.6 is 0 Å². The van der Waals surface area contributed by atoms with Crippen molar-refractivity contribution in [1.29, 1.82) is 0 Å². The lowest BCUT2D eigenvalue weighted by molar-refractivity contribution is 0.134. The molecule has 0 saturated carbocycles. The van der Waals surface area contributed by atoms with Crippen LogP contribution in [0.1, 0.15) is 23.3 Å². The second-order valence-electron chi connectivity index (χ2n) is 4.99. The Hall–Kier alpha value is -2.09. The third-order valence-electron chi connectivity index (χ3n) is 4.04. The van der Waals surface area contributed by atoms with E-state index in [0.717, 1.165) is 11.3 Å². The van der Waals surface area contributed by atoms with Crippen LogP contribution in [0.3, 0.4) is 0 Å². The Morgan fingerprint density at radius 2 is 2.30 bits per heavy atom. The Morgan fingerprint density at radius 3 is 2.95 bits per heavy atom. The van der Waals surface area contributed by atoms with E-state index >= 15 is 0 Å². The zero-order chi connectivity index (χ0) is 14.4. The number of nitrogens with zero attached hydrogens (tertiary/aromatic N) is 5. The molecule has 3 heterocycles. The van der Waals surface area contributed by atoms with Gasteiger partial charge in [0.2, 0.25) is 0 Å². The van der Waals surface area contributed by atoms with Gasteiger partial charge in [0.1, 0.15) is 11.9 Å². The number of likely N-dealkylation sites (N-methyl/N-ethyl adjacent to an activating group) is 1. The van der Waals surface area contributed by atoms with Crippen molar-refractivity contribution in [3.8, 4) is 0 Å². The van der Waals surface area contributed by atoms with Gasteiger partial charge in [-0.15, -0.1) is 0 Å². The normalized spacial score (nSPS) is 25.2. The number of hydrogen-bond donors (Lipinski definition) is 1. The van der Waals surface area contributed by atoms with Crippen molar-refractivity contribution in [2.45, 2.75) is 12.1 Å². The Morgan fingerprint density at radius 1 is 1.55 bits per heavy atom. The van der Waals surface area contributed by atoms with Gasteiger partial charge in [-0.1, -0.05) is 0 Å². The van der Waals surface area contributed by atoms with Crippen LogP contribution in [0.4, 0.5) is 4.79 Å². The van der Waals surface area contributed by atoms with Gasteiger partial charge in [-0.05, 0) is 0 Å². The first kappa shape index (κ1) is 12.9. The summed E-state index contributed by atoms with van der Waals surface area (Å²) in [5.41, 5.74) is 4.82. The van der Waals surface area contributed by atoms with Crippen LogP contribution in [0.25, 0.3) is 0 Å². The molecule has 0 aromatic carbocycles. The standard InChI is InChI=1S/C12H18N6O2/c1-13-11(15-20-4)10-9-7(5-14-17(9)3)8-6-18(10)12(19)16(8)2/h5,8,10H,6H2,1-4H3,(H,13,15)/t8-,10-/m0/s1. The quantitative estimate of drug-likeness (QED) is 0.472. The predicted octanol–water partition coefficient (Wildman–Crippen LogP) is 0.0626. The molecule has 2 amide bonds. The van der Waals surface area contributed by atoms with Crippen molar-refractivity contribution in [3.05, 3.63) is 17.5 Å². The number of hydroxylamine groups is 1. The summed E-state index contributed by atoms with van der Waals surface area (Å²) in [7, 11) is 6.90. The first-order chi connectivity index (χ1) is 9.60. The summed E-state index contributed by atoms with van der Waals surface area (Å²) in [5, 5.41) is 4.33. The third-order valence-corrected chi connectivity index (χ3v) is 4.04. The molecule has 2 aliphatic heterocycles. The highest BCUT2D eigenvalue weighted by Gasteiger charge is 2.49. The highest BCUT2D eigenvalue weighted by molar-refractivity contribution is 5.93. The summed E-state index contributed by atoms with van der Waals surface area (Å²) < 4.78 is 1.80. The fourth-order valence-electron chi connectivity index (χ4n) is 3.05. The van der Waals surface area contributed by atoms with E-state index in [2.05, 4.69) is 15.6 Å². The van der Waals surface area contributed by atoms with Gasteiger partial charge in [0.15, 0.2) is 0 Å². The molecule has 8 nitrogen and oxygen atoms in total. The topological polar surface area (TPSA) is 75.0 Å². The minimum atomic E-state index is -0.295. The van der Waals surface area contributed by atoms with Crippen LogP contribution in [0.5, 0.6) is 0 Å². The molecule has 1 fully saturated rings. The van der Waals surface area contributed by atoms with Gasteiger partial charge in [-0.25, -0.2) is 4.79 Å². The van der Waals surface area contributed by atoms with E-state index in [9.17, 15) is 4.79 Å². The summed E-state index contributed by atoms with van der Waals surface area (Å²) in [5.74, 6) is 0.597. The largest absolute Gasteiger partial charge is 0.321 e. The number of aliphatic imine (C=N–C) groups is 1. The van der Waals surface area contributed by atoms with E-state index in [1.54, 1.807) is 21.5 Å². The zero-order valence-electron chi connectivity index (χ0n) is 12.0. The van der Waals surface area contributed by atoms with Gasteiger partial charge in [0, 0.05) is 33.3 Å². The lowest BCUT2D eigenvalue weighted by atomic mass is 9.97. The average Bonchev–Trinajstić information content (AvgIpc) is 2.94. The van der Waals surface area contributed by atoms with Crippen LogP contribution in [0, 0.1) is 0 Å². The van der Waals surface area contributed by atoms with Crippen LogP contribution in [0.15, 0.2) is 11.2 Å². The van der Waals surface area contributed by atoms with E-state index in [-0.39, 0.29) is 18.1 Å². The molecule has 8 heteroatoms. The Kier molecular flexibility index (Phi) is 2.89. The molecular formula is C12H18N6O2. The van der Waals surface area contributed by atoms with Crippen molar-refractivity contribution in [2.24, 2.45) is 12.0 Å². The molecule has 1 aromatic heterocycles. The molecule has 1 saturated heterocycles. The molecule has 0 radical (unpaired) electrons. The summed E-state index contributed by atoms with van der Waals surface area (Å²) in [6.45, 7) is 0.642. The van der Waals surface area contributed by atoms with E-state index in [4.69, 9.17) is 4.84 Å². The fraction of sp³-hybridized carbons (Fsp3) is 0.583. The van der Waals surface area contributed by atoms with Crippen molar-refractivity contribution >= 4 is 11.9 Å². The first-order valence-electron chi connectivity index (χ1n) is 6.41. The van der Waals surface area contributed by atoms with E-state index in [1.807, 2.05) is 20.3 Å². The molecule has 3 rings (SSSR count). The van der Waals surface area contributed by atoms with Crippen LogP contribution in [-0.4, -0.2) is 59.2 Å². The SMILES string of the molecule is CN=C(NOC)[C@@H]1c2c(cnn2C)[C@@H]2CN1C(=O)N2C. The number of rotatable bonds is 2. The molecule has 20 heavy (non-hydrogen) atoms. The van der Waals surface area contributed by atoms with Crippen LogP contribution in [0.2, 0.25) is 0 Å². The number of amides is 2. The zero-order valence-corrected chi connectivity index (χ0v) is 12.0. The van der Waals surface area contributed by atoms with Gasteiger partial charge in [-0.2, -0.15) is 5.10 Å². The average molecular weight is 278 g/mol. The Bertz CT molecular complexity index is 581. The number of hydrogen-bond acceptors (Lipinski definition) is 4. The molecule has 2 bridgehead atoms. The maximum Gasteiger partial charge on any atom is 0.321 e. The van der Waals surface area contributed by atoms with Crippen molar-refractivity contribution in [2.75, 3.05) is 27.7 Å². The second kappa shape index (κ2) is 4.48. The highest BCUT2D eigenvalue weighted by Crippen LogP contribution is 2.42. The van der Waals surface area contributed by atoms with E-state index in [0.29, 0.717) is 12.4 Å². The van der Waals surface area contributed by atoms with Gasteiger partial charge < -0.3 is 9.80 Å². The van der Waals surface area contributed by atoms with Gasteiger partial charge in [-0.3, -0.25) is 20.0 Å². The first-order valence-corrected chi connectivity index (χ1v) is 6.41. The predicted molar refractivity (Wildman–Crippen MR) is 72.1 cm³/mol. The number of carbonyl (C=O) groups excluding carboxylic acids is 1. The molecule has 2 atom stereocenters. The number of fused-ring (bicyclic) bond motifs is 4. The van der Waals surface area contributed by atoms with Gasteiger partial charge >= 0.3 is 6.03 Å². The molecule has 1 aromatic rings. The molecule has 0 spiro atoms. The highest BCUT2D eigenvalue weighted by atomic mass is 16.6. The molecule has 0 aliphatic carbocycles. The fourth-order valence-corrected chi connectivity index (χ4v) is 3.05. The van der Waals surface area contributed by atoms with Gasteiger partial charge in [0.05, 0.1) is 25.0 Å². The summed E-state index contributed by atoms with van der Waals surface area (Å²) in [6, 6.07) is -0.241. The summed E-state index contributed by atoms with van der Waals surface area (Å²) in [6.07, 6.45) is 1.83. The number of aromatic nitrogens is 2. The van der Waals surface area contributed by atoms with Crippen molar-refractivity contribution < 1.29 is 9.63 Å². The van der Waals surface area contributed by atoms with E-state index in [1.165, 1.54) is 7.11 Å². The minimum Gasteiger partial charge on any atom is -0.319 e. The maximum absolute atomic E-state index is 12.4. The maximum atomic E-state index is 12.4. The second-order valence-corrected chi connectivity index (χ2v) is 4.99. The third kappa shape index (κ3) is 1.54. The molecule has 108 valence electrons. The molecule has 1 N–H and O–H groups in total. The monoisotopic (exact) mass is 278 g/mol. The number of carbonyl (C=O) groups is 1. The van der Waals surface area contributed by atoms with Crippen LogP contribution in [-0.2, 0) is 11.9 Å². The molecule has 0 unspecified atom stereocenters. The number of amidine groups is 1. The lowest BCUT2D eigenvalue weighted by Crippen LogP contribution is -2.44. The Balaban J connectivity index is 2.14. The van der Waals surface area contributed by atoms with E-state index < -0.39 is 0 Å². The smallest absolute Gasteiger partial charge is 0.319 e. The summed E-state index contributed by atoms with van der Waals surface area (Å²) in [4.78, 5) is 25.2. The van der Waals surface area contributed by atoms with Crippen molar-refractivity contribution in [3.63, 3.8) is 0 Å². The Labute approximate surface area is 117 Å². The molecular weight excluding hydrogens is 260 g/mol.